The first kappa shape index (κ1) is 9.84. The van der Waals surface area contributed by atoms with Gasteiger partial charge in [-0.15, -0.1) is 0 Å². The van der Waals surface area contributed by atoms with Gasteiger partial charge in [0.25, 0.3) is 0 Å². The summed E-state index contributed by atoms with van der Waals surface area (Å²) in [7, 11) is 0. The Bertz CT molecular complexity index is 297. The Morgan fingerprint density at radius 2 is 2.36 bits per heavy atom. The molecule has 0 aromatic heterocycles. The summed E-state index contributed by atoms with van der Waals surface area (Å²) in [5.74, 6) is 2.23. The lowest BCUT2D eigenvalue weighted by molar-refractivity contribution is 0.626. The van der Waals surface area contributed by atoms with Crippen molar-refractivity contribution < 1.29 is 4.39 Å². The molecule has 0 aliphatic carbocycles. The molecule has 0 bridgehead atoms. The van der Waals surface area contributed by atoms with Gasteiger partial charge in [-0.3, -0.25) is 0 Å². The Kier molecular flexibility index (Phi) is 3.30. The van der Waals surface area contributed by atoms with E-state index in [2.05, 4.69) is 5.32 Å². The average Bonchev–Trinajstić information content (AvgIpc) is 2.19. The average molecular weight is 211 g/mol. The summed E-state index contributed by atoms with van der Waals surface area (Å²) in [6, 6.07) is 7.20. The molecule has 14 heavy (non-hydrogen) atoms. The summed E-state index contributed by atoms with van der Waals surface area (Å²) in [4.78, 5) is 0. The summed E-state index contributed by atoms with van der Waals surface area (Å²) in [5, 5.41) is 3.36. The van der Waals surface area contributed by atoms with Crippen LogP contribution in [0.4, 0.5) is 10.1 Å². The molecule has 0 amide bonds. The van der Waals surface area contributed by atoms with Crippen molar-refractivity contribution in [3.8, 4) is 0 Å². The topological polar surface area (TPSA) is 12.0 Å². The summed E-state index contributed by atoms with van der Waals surface area (Å²) >= 11 is 1.97. The molecule has 1 atom stereocenters. The molecular weight excluding hydrogens is 197 g/mol. The lowest BCUT2D eigenvalue weighted by atomic mass is 10.1. The van der Waals surface area contributed by atoms with Crippen molar-refractivity contribution in [1.29, 1.82) is 0 Å². The van der Waals surface area contributed by atoms with Gasteiger partial charge in [0, 0.05) is 17.5 Å². The first-order valence-electron chi connectivity index (χ1n) is 4.94. The minimum atomic E-state index is -0.168. The maximum Gasteiger partial charge on any atom is 0.125 e. The van der Waals surface area contributed by atoms with Crippen LogP contribution in [0.2, 0.25) is 0 Å². The van der Waals surface area contributed by atoms with Crippen LogP contribution in [0.1, 0.15) is 12.8 Å². The fourth-order valence-corrected chi connectivity index (χ4v) is 2.74. The van der Waals surface area contributed by atoms with Gasteiger partial charge in [-0.25, -0.2) is 4.39 Å². The van der Waals surface area contributed by atoms with Crippen LogP contribution in [0.5, 0.6) is 0 Å². The molecule has 1 N–H and O–H groups in total. The number of halogens is 1. The Balaban J connectivity index is 1.95. The normalized spacial score (nSPS) is 21.9. The van der Waals surface area contributed by atoms with Crippen LogP contribution in [0, 0.1) is 5.82 Å². The van der Waals surface area contributed by atoms with Crippen molar-refractivity contribution in [2.45, 2.75) is 18.9 Å². The molecule has 1 fully saturated rings. The SMILES string of the molecule is Fc1cccc(NC2CCCSC2)c1. The van der Waals surface area contributed by atoms with E-state index in [1.54, 1.807) is 12.1 Å². The second kappa shape index (κ2) is 4.69. The highest BCUT2D eigenvalue weighted by atomic mass is 32.2. The van der Waals surface area contributed by atoms with Crippen molar-refractivity contribution in [2.75, 3.05) is 16.8 Å². The smallest absolute Gasteiger partial charge is 0.125 e. The lowest BCUT2D eigenvalue weighted by Gasteiger charge is -2.23. The van der Waals surface area contributed by atoms with E-state index < -0.39 is 0 Å². The maximum atomic E-state index is 12.9. The van der Waals surface area contributed by atoms with E-state index in [9.17, 15) is 4.39 Å². The van der Waals surface area contributed by atoms with E-state index in [0.717, 1.165) is 11.4 Å². The molecule has 3 heteroatoms. The van der Waals surface area contributed by atoms with Crippen molar-refractivity contribution in [1.82, 2.24) is 0 Å². The Morgan fingerprint density at radius 1 is 1.43 bits per heavy atom. The molecule has 1 aromatic carbocycles. The van der Waals surface area contributed by atoms with Crippen LogP contribution in [-0.4, -0.2) is 17.5 Å². The summed E-state index contributed by atoms with van der Waals surface area (Å²) < 4.78 is 12.9. The number of hydrogen-bond acceptors (Lipinski definition) is 2. The molecule has 0 radical (unpaired) electrons. The van der Waals surface area contributed by atoms with Crippen LogP contribution in [0.3, 0.4) is 0 Å². The van der Waals surface area contributed by atoms with E-state index in [0.29, 0.717) is 6.04 Å². The highest BCUT2D eigenvalue weighted by molar-refractivity contribution is 7.99. The van der Waals surface area contributed by atoms with Crippen LogP contribution in [0.15, 0.2) is 24.3 Å². The van der Waals surface area contributed by atoms with E-state index in [4.69, 9.17) is 0 Å². The monoisotopic (exact) mass is 211 g/mol. The fourth-order valence-electron chi connectivity index (χ4n) is 1.67. The second-order valence-corrected chi connectivity index (χ2v) is 4.72. The van der Waals surface area contributed by atoms with Crippen LogP contribution in [0.25, 0.3) is 0 Å². The molecular formula is C11H14FNS. The number of thioether (sulfide) groups is 1. The van der Waals surface area contributed by atoms with Crippen LogP contribution >= 0.6 is 11.8 Å². The largest absolute Gasteiger partial charge is 0.381 e. The Labute approximate surface area is 88.1 Å². The molecule has 2 rings (SSSR count). The number of benzene rings is 1. The third-order valence-corrected chi connectivity index (χ3v) is 3.57. The summed E-state index contributed by atoms with van der Waals surface area (Å²) in [5.41, 5.74) is 0.900. The van der Waals surface area contributed by atoms with Crippen molar-refractivity contribution >= 4 is 17.4 Å². The summed E-state index contributed by atoms with van der Waals surface area (Å²) in [6.07, 6.45) is 2.46. The third kappa shape index (κ3) is 2.64. The second-order valence-electron chi connectivity index (χ2n) is 3.57. The van der Waals surface area contributed by atoms with Gasteiger partial charge in [0.1, 0.15) is 5.82 Å². The lowest BCUT2D eigenvalue weighted by Crippen LogP contribution is -2.25. The van der Waals surface area contributed by atoms with Gasteiger partial charge in [-0.2, -0.15) is 11.8 Å². The van der Waals surface area contributed by atoms with Gasteiger partial charge >= 0.3 is 0 Å². The zero-order valence-corrected chi connectivity index (χ0v) is 8.82. The van der Waals surface area contributed by atoms with Gasteiger partial charge in [0.2, 0.25) is 0 Å². The standard InChI is InChI=1S/C11H14FNS/c12-9-3-1-4-10(7-9)13-11-5-2-6-14-8-11/h1,3-4,7,11,13H,2,5-6,8H2. The van der Waals surface area contributed by atoms with E-state index in [-0.39, 0.29) is 5.82 Å². The number of hydrogen-bond donors (Lipinski definition) is 1. The highest BCUT2D eigenvalue weighted by Gasteiger charge is 2.12. The van der Waals surface area contributed by atoms with E-state index in [1.165, 1.54) is 24.7 Å². The first-order valence-corrected chi connectivity index (χ1v) is 6.10. The molecule has 0 saturated carbocycles. The number of anilines is 1. The Morgan fingerprint density at radius 3 is 3.07 bits per heavy atom. The minimum absolute atomic E-state index is 0.168. The third-order valence-electron chi connectivity index (χ3n) is 2.36. The molecule has 1 heterocycles. The highest BCUT2D eigenvalue weighted by Crippen LogP contribution is 2.21. The Hall–Kier alpha value is -0.700. The first-order chi connectivity index (χ1) is 6.84. The maximum absolute atomic E-state index is 12.9. The van der Waals surface area contributed by atoms with E-state index in [1.807, 2.05) is 17.8 Å². The minimum Gasteiger partial charge on any atom is -0.381 e. The molecule has 76 valence electrons. The molecule has 0 spiro atoms. The van der Waals surface area contributed by atoms with Gasteiger partial charge in [-0.05, 0) is 36.8 Å². The summed E-state index contributed by atoms with van der Waals surface area (Å²) in [6.45, 7) is 0. The van der Waals surface area contributed by atoms with Gasteiger partial charge in [-0.1, -0.05) is 6.07 Å². The molecule has 1 aliphatic rings. The van der Waals surface area contributed by atoms with Gasteiger partial charge < -0.3 is 5.32 Å². The number of rotatable bonds is 2. The fraction of sp³-hybridized carbons (Fsp3) is 0.455. The number of nitrogens with one attached hydrogen (secondary N) is 1. The zero-order valence-electron chi connectivity index (χ0n) is 8.00. The van der Waals surface area contributed by atoms with Crippen molar-refractivity contribution in [2.24, 2.45) is 0 Å². The zero-order chi connectivity index (χ0) is 9.80. The van der Waals surface area contributed by atoms with Crippen LogP contribution < -0.4 is 5.32 Å². The quantitative estimate of drug-likeness (QED) is 0.806. The van der Waals surface area contributed by atoms with Gasteiger partial charge in [0.15, 0.2) is 0 Å². The molecule has 1 saturated heterocycles. The van der Waals surface area contributed by atoms with Crippen molar-refractivity contribution in [3.63, 3.8) is 0 Å². The van der Waals surface area contributed by atoms with Crippen LogP contribution in [-0.2, 0) is 0 Å². The molecule has 1 nitrogen and oxygen atoms in total. The molecule has 1 aliphatic heterocycles. The molecule has 1 aromatic rings. The predicted octanol–water partition coefficient (Wildman–Crippen LogP) is 3.13. The van der Waals surface area contributed by atoms with E-state index >= 15 is 0 Å². The molecule has 1 unspecified atom stereocenters. The van der Waals surface area contributed by atoms with Gasteiger partial charge in [0.05, 0.1) is 0 Å². The predicted molar refractivity (Wildman–Crippen MR) is 60.4 cm³/mol. The van der Waals surface area contributed by atoms with Crippen molar-refractivity contribution in [3.05, 3.63) is 30.1 Å².